The van der Waals surface area contributed by atoms with Crippen molar-refractivity contribution in [3.05, 3.63) is 29.8 Å². The molecule has 0 aliphatic rings. The summed E-state index contributed by atoms with van der Waals surface area (Å²) in [6, 6.07) is 7.31. The van der Waals surface area contributed by atoms with Gasteiger partial charge in [0.2, 0.25) is 0 Å². The second-order valence-corrected chi connectivity index (χ2v) is 5.47. The number of carbonyl (C=O) groups excluding carboxylic acids is 1. The molecule has 0 heterocycles. The summed E-state index contributed by atoms with van der Waals surface area (Å²) in [5.74, 6) is 0.973. The van der Waals surface area contributed by atoms with Crippen molar-refractivity contribution in [2.24, 2.45) is 0 Å². The molecule has 1 aromatic rings. The Labute approximate surface area is 129 Å². The molecule has 118 valence electrons. The van der Waals surface area contributed by atoms with Gasteiger partial charge in [-0.05, 0) is 50.6 Å². The average molecular weight is 291 g/mol. The number of rotatable bonds is 11. The number of benzene rings is 1. The molecule has 0 saturated heterocycles. The van der Waals surface area contributed by atoms with Gasteiger partial charge in [-0.2, -0.15) is 0 Å². The highest BCUT2D eigenvalue weighted by Gasteiger charge is 2.14. The molecule has 0 spiro atoms. The van der Waals surface area contributed by atoms with E-state index in [1.165, 1.54) is 19.3 Å². The normalized spacial score (nSPS) is 12.1. The summed E-state index contributed by atoms with van der Waals surface area (Å²) < 4.78 is 5.53. The van der Waals surface area contributed by atoms with E-state index in [4.69, 9.17) is 4.74 Å². The number of hydrogen-bond acceptors (Lipinski definition) is 3. The van der Waals surface area contributed by atoms with Crippen LogP contribution in [0.1, 0.15) is 63.2 Å². The van der Waals surface area contributed by atoms with Gasteiger partial charge in [-0.25, -0.2) is 0 Å². The van der Waals surface area contributed by atoms with E-state index >= 15 is 0 Å². The number of ether oxygens (including phenoxy) is 1. The van der Waals surface area contributed by atoms with Crippen LogP contribution in [0.2, 0.25) is 0 Å². The fourth-order valence-electron chi connectivity index (χ4n) is 2.15. The van der Waals surface area contributed by atoms with Crippen molar-refractivity contribution in [2.75, 3.05) is 13.2 Å². The Kier molecular flexibility index (Phi) is 8.76. The second-order valence-electron chi connectivity index (χ2n) is 5.47. The number of nitrogens with one attached hydrogen (secondary N) is 1. The van der Waals surface area contributed by atoms with Crippen LogP contribution in [-0.2, 0) is 0 Å². The molecule has 0 aliphatic heterocycles. The lowest BCUT2D eigenvalue weighted by molar-refractivity contribution is 0.0951. The Bertz CT molecular complexity index is 400. The molecule has 1 rings (SSSR count). The number of ketones is 1. The smallest absolute Gasteiger partial charge is 0.179 e. The van der Waals surface area contributed by atoms with Crippen LogP contribution < -0.4 is 10.1 Å². The van der Waals surface area contributed by atoms with Gasteiger partial charge in [-0.3, -0.25) is 4.79 Å². The third kappa shape index (κ3) is 6.76. The molecule has 1 atom stereocenters. The maximum Gasteiger partial charge on any atom is 0.179 e. The summed E-state index contributed by atoms with van der Waals surface area (Å²) in [5.41, 5.74) is 0.743. The van der Waals surface area contributed by atoms with E-state index in [0.29, 0.717) is 6.61 Å². The highest BCUT2D eigenvalue weighted by Crippen LogP contribution is 2.14. The molecule has 0 amide bonds. The molecule has 21 heavy (non-hydrogen) atoms. The lowest BCUT2D eigenvalue weighted by atomic mass is 10.1. The summed E-state index contributed by atoms with van der Waals surface area (Å²) in [4.78, 5) is 12.3. The van der Waals surface area contributed by atoms with Gasteiger partial charge in [0, 0.05) is 5.56 Å². The Hall–Kier alpha value is -1.35. The van der Waals surface area contributed by atoms with Gasteiger partial charge < -0.3 is 10.1 Å². The van der Waals surface area contributed by atoms with Crippen LogP contribution in [-0.4, -0.2) is 25.0 Å². The SMILES string of the molecule is CCCCCCNC(C)C(=O)c1ccc(OCCC)cc1. The van der Waals surface area contributed by atoms with Crippen LogP contribution >= 0.6 is 0 Å². The minimum Gasteiger partial charge on any atom is -0.494 e. The van der Waals surface area contributed by atoms with Gasteiger partial charge >= 0.3 is 0 Å². The summed E-state index contributed by atoms with van der Waals surface area (Å²) in [7, 11) is 0. The minimum atomic E-state index is -0.131. The number of hydrogen-bond donors (Lipinski definition) is 1. The molecule has 1 N–H and O–H groups in total. The predicted octanol–water partition coefficient (Wildman–Crippen LogP) is 4.22. The van der Waals surface area contributed by atoms with Crippen molar-refractivity contribution in [3.63, 3.8) is 0 Å². The molecule has 0 bridgehead atoms. The van der Waals surface area contributed by atoms with Gasteiger partial charge in [-0.1, -0.05) is 33.1 Å². The van der Waals surface area contributed by atoms with Gasteiger partial charge in [0.25, 0.3) is 0 Å². The van der Waals surface area contributed by atoms with Crippen molar-refractivity contribution in [2.45, 2.75) is 58.9 Å². The molecule has 0 radical (unpaired) electrons. The molecule has 3 heteroatoms. The molecule has 3 nitrogen and oxygen atoms in total. The van der Waals surface area contributed by atoms with Gasteiger partial charge in [0.05, 0.1) is 12.6 Å². The van der Waals surface area contributed by atoms with E-state index in [1.807, 2.05) is 31.2 Å². The van der Waals surface area contributed by atoms with Crippen LogP contribution in [0, 0.1) is 0 Å². The van der Waals surface area contributed by atoms with Crippen LogP contribution in [0.5, 0.6) is 5.75 Å². The van der Waals surface area contributed by atoms with Crippen LogP contribution in [0.4, 0.5) is 0 Å². The summed E-state index contributed by atoms with van der Waals surface area (Å²) in [6.07, 6.45) is 5.85. The Morgan fingerprint density at radius 2 is 1.81 bits per heavy atom. The third-order valence-corrected chi connectivity index (χ3v) is 3.49. The Morgan fingerprint density at radius 3 is 2.43 bits per heavy atom. The van der Waals surface area contributed by atoms with Crippen molar-refractivity contribution >= 4 is 5.78 Å². The molecule has 0 fully saturated rings. The van der Waals surface area contributed by atoms with E-state index < -0.39 is 0 Å². The first-order valence-corrected chi connectivity index (χ1v) is 8.19. The number of unbranched alkanes of at least 4 members (excludes halogenated alkanes) is 3. The predicted molar refractivity (Wildman–Crippen MR) is 88.2 cm³/mol. The number of carbonyl (C=O) groups is 1. The average Bonchev–Trinajstić information content (AvgIpc) is 2.52. The van der Waals surface area contributed by atoms with E-state index in [1.54, 1.807) is 0 Å². The zero-order chi connectivity index (χ0) is 15.5. The van der Waals surface area contributed by atoms with Crippen LogP contribution in [0.3, 0.4) is 0 Å². The largest absolute Gasteiger partial charge is 0.494 e. The summed E-state index contributed by atoms with van der Waals surface area (Å²) >= 11 is 0. The fraction of sp³-hybridized carbons (Fsp3) is 0.611. The monoisotopic (exact) mass is 291 g/mol. The second kappa shape index (κ2) is 10.4. The third-order valence-electron chi connectivity index (χ3n) is 3.49. The molecule has 0 aliphatic carbocycles. The zero-order valence-corrected chi connectivity index (χ0v) is 13.7. The van der Waals surface area contributed by atoms with Gasteiger partial charge in [0.1, 0.15) is 5.75 Å². The first-order chi connectivity index (χ1) is 10.2. The highest BCUT2D eigenvalue weighted by molar-refractivity contribution is 5.99. The first kappa shape index (κ1) is 17.7. The van der Waals surface area contributed by atoms with Crippen molar-refractivity contribution in [3.8, 4) is 5.75 Å². The standard InChI is InChI=1S/C18H29NO2/c1-4-6-7-8-13-19-15(3)18(20)16-9-11-17(12-10-16)21-14-5-2/h9-12,15,19H,4-8,13-14H2,1-3H3. The van der Waals surface area contributed by atoms with E-state index in [2.05, 4.69) is 19.2 Å². The van der Waals surface area contributed by atoms with E-state index in [0.717, 1.165) is 30.7 Å². The highest BCUT2D eigenvalue weighted by atomic mass is 16.5. The van der Waals surface area contributed by atoms with Crippen molar-refractivity contribution in [1.29, 1.82) is 0 Å². The molecule has 0 aromatic heterocycles. The fourth-order valence-corrected chi connectivity index (χ4v) is 2.15. The van der Waals surface area contributed by atoms with Gasteiger partial charge in [-0.15, -0.1) is 0 Å². The molecule has 0 saturated carbocycles. The Morgan fingerprint density at radius 1 is 1.10 bits per heavy atom. The Balaban J connectivity index is 2.39. The van der Waals surface area contributed by atoms with Crippen molar-refractivity contribution in [1.82, 2.24) is 5.32 Å². The van der Waals surface area contributed by atoms with Crippen molar-refractivity contribution < 1.29 is 9.53 Å². The van der Waals surface area contributed by atoms with E-state index in [9.17, 15) is 4.79 Å². The molecule has 1 unspecified atom stereocenters. The maximum absolute atomic E-state index is 12.3. The lowest BCUT2D eigenvalue weighted by Gasteiger charge is -2.13. The molecular formula is C18H29NO2. The summed E-state index contributed by atoms with van der Waals surface area (Å²) in [5, 5.41) is 3.31. The van der Waals surface area contributed by atoms with Crippen LogP contribution in [0.15, 0.2) is 24.3 Å². The topological polar surface area (TPSA) is 38.3 Å². The first-order valence-electron chi connectivity index (χ1n) is 8.19. The van der Waals surface area contributed by atoms with Crippen LogP contribution in [0.25, 0.3) is 0 Å². The lowest BCUT2D eigenvalue weighted by Crippen LogP contribution is -2.34. The maximum atomic E-state index is 12.3. The van der Waals surface area contributed by atoms with Gasteiger partial charge in [0.15, 0.2) is 5.78 Å². The summed E-state index contributed by atoms with van der Waals surface area (Å²) in [6.45, 7) is 7.83. The number of Topliss-reactive ketones (excluding diaryl/α,β-unsaturated/α-hetero) is 1. The van der Waals surface area contributed by atoms with E-state index in [-0.39, 0.29) is 11.8 Å². The zero-order valence-electron chi connectivity index (χ0n) is 13.7. The minimum absolute atomic E-state index is 0.131. The molecule has 1 aromatic carbocycles. The molecular weight excluding hydrogens is 262 g/mol. The quantitative estimate of drug-likeness (QED) is 0.490.